The van der Waals surface area contributed by atoms with Crippen molar-refractivity contribution >= 4 is 33.3 Å². The second-order valence-electron chi connectivity index (χ2n) is 5.99. The first-order chi connectivity index (χ1) is 12.7. The highest BCUT2D eigenvalue weighted by atomic mass is 79.9. The summed E-state index contributed by atoms with van der Waals surface area (Å²) < 4.78 is 7.08. The second-order valence-corrected chi connectivity index (χ2v) is 6.90. The van der Waals surface area contributed by atoms with E-state index in [1.165, 1.54) is 0 Å². The molecule has 0 N–H and O–H groups in total. The lowest BCUT2D eigenvalue weighted by atomic mass is 10.1. The molecule has 1 heterocycles. The molecular formula is C22H16BrNO2. The van der Waals surface area contributed by atoms with Crippen molar-refractivity contribution in [1.82, 2.24) is 0 Å². The number of carbonyl (C=O) groups is 1. The molecule has 0 unspecified atom stereocenters. The van der Waals surface area contributed by atoms with E-state index in [2.05, 4.69) is 15.9 Å². The summed E-state index contributed by atoms with van der Waals surface area (Å²) in [6.45, 7) is 0.454. The van der Waals surface area contributed by atoms with Crippen LogP contribution in [-0.2, 0) is 11.3 Å². The third kappa shape index (κ3) is 3.41. The Hall–Kier alpha value is -2.85. The van der Waals surface area contributed by atoms with Crippen LogP contribution in [0.2, 0.25) is 0 Å². The summed E-state index contributed by atoms with van der Waals surface area (Å²) in [5.41, 5.74) is 2.68. The highest BCUT2D eigenvalue weighted by molar-refractivity contribution is 9.10. The van der Waals surface area contributed by atoms with E-state index in [-0.39, 0.29) is 5.91 Å². The predicted octanol–water partition coefficient (Wildman–Crippen LogP) is 5.42. The van der Waals surface area contributed by atoms with Crippen molar-refractivity contribution in [2.75, 3.05) is 4.90 Å². The van der Waals surface area contributed by atoms with Crippen LogP contribution >= 0.6 is 15.9 Å². The number of fused-ring (bicyclic) bond motifs is 1. The van der Waals surface area contributed by atoms with Gasteiger partial charge in [0.05, 0.1) is 6.54 Å². The average molecular weight is 406 g/mol. The number of hydrogen-bond donors (Lipinski definition) is 0. The summed E-state index contributed by atoms with van der Waals surface area (Å²) in [5.74, 6) is 1.20. The second kappa shape index (κ2) is 7.18. The molecule has 0 aromatic heterocycles. The number of hydrogen-bond acceptors (Lipinski definition) is 2. The first kappa shape index (κ1) is 16.6. The van der Waals surface area contributed by atoms with E-state index in [0.717, 1.165) is 27.0 Å². The van der Waals surface area contributed by atoms with E-state index in [4.69, 9.17) is 4.74 Å². The lowest BCUT2D eigenvalue weighted by molar-refractivity contribution is -0.114. The monoisotopic (exact) mass is 405 g/mol. The van der Waals surface area contributed by atoms with Crippen LogP contribution in [0.4, 0.5) is 5.69 Å². The summed E-state index contributed by atoms with van der Waals surface area (Å²) in [4.78, 5) is 14.8. The molecule has 0 aliphatic carbocycles. The van der Waals surface area contributed by atoms with E-state index in [9.17, 15) is 4.79 Å². The molecule has 1 amide bonds. The number of anilines is 1. The van der Waals surface area contributed by atoms with Crippen molar-refractivity contribution in [3.05, 3.63) is 101 Å². The fraction of sp³-hybridized carbons (Fsp3) is 0.0455. The van der Waals surface area contributed by atoms with Gasteiger partial charge in [0.15, 0.2) is 0 Å². The fourth-order valence-corrected chi connectivity index (χ4v) is 3.17. The normalized spacial score (nSPS) is 16.0. The zero-order valence-corrected chi connectivity index (χ0v) is 15.5. The number of nitrogens with zero attached hydrogens (tertiary/aromatic N) is 1. The lowest BCUT2D eigenvalue weighted by Crippen LogP contribution is -2.30. The average Bonchev–Trinajstić information content (AvgIpc) is 2.67. The van der Waals surface area contributed by atoms with Crippen LogP contribution in [0.25, 0.3) is 5.76 Å². The molecule has 4 rings (SSSR count). The third-order valence-electron chi connectivity index (χ3n) is 4.24. The van der Waals surface area contributed by atoms with Gasteiger partial charge in [-0.3, -0.25) is 4.79 Å². The van der Waals surface area contributed by atoms with Gasteiger partial charge < -0.3 is 9.64 Å². The predicted molar refractivity (Wildman–Crippen MR) is 107 cm³/mol. The number of amides is 1. The maximum absolute atomic E-state index is 13.0. The van der Waals surface area contributed by atoms with Gasteiger partial charge in [-0.25, -0.2) is 0 Å². The van der Waals surface area contributed by atoms with E-state index < -0.39 is 0 Å². The first-order valence-electron chi connectivity index (χ1n) is 8.31. The lowest BCUT2D eigenvalue weighted by Gasteiger charge is -2.26. The highest BCUT2D eigenvalue weighted by Gasteiger charge is 2.22. The fourth-order valence-electron chi connectivity index (χ4n) is 2.90. The number of rotatable bonds is 2. The van der Waals surface area contributed by atoms with E-state index in [1.54, 1.807) is 11.0 Å². The Morgan fingerprint density at radius 3 is 2.31 bits per heavy atom. The molecule has 0 spiro atoms. The smallest absolute Gasteiger partial charge is 0.255 e. The minimum atomic E-state index is -0.110. The molecule has 3 nitrogen and oxygen atoms in total. The number of para-hydroxylation sites is 1. The molecule has 0 saturated carbocycles. The van der Waals surface area contributed by atoms with Crippen LogP contribution in [0.1, 0.15) is 11.1 Å². The van der Waals surface area contributed by atoms with Crippen molar-refractivity contribution in [2.24, 2.45) is 0 Å². The largest absolute Gasteiger partial charge is 0.456 e. The number of benzene rings is 3. The molecule has 1 aliphatic rings. The summed E-state index contributed by atoms with van der Waals surface area (Å²) in [6.07, 6.45) is 1.56. The first-order valence-corrected chi connectivity index (χ1v) is 9.10. The third-order valence-corrected chi connectivity index (χ3v) is 4.77. The molecule has 1 aliphatic heterocycles. The van der Waals surface area contributed by atoms with Gasteiger partial charge in [0.25, 0.3) is 5.91 Å². The Kier molecular flexibility index (Phi) is 4.59. The Bertz CT molecular complexity index is 965. The Balaban J connectivity index is 1.82. The van der Waals surface area contributed by atoms with Crippen LogP contribution in [0.15, 0.2) is 89.4 Å². The van der Waals surface area contributed by atoms with Crippen molar-refractivity contribution in [3.63, 3.8) is 0 Å². The van der Waals surface area contributed by atoms with Crippen LogP contribution in [0.3, 0.4) is 0 Å². The van der Waals surface area contributed by atoms with Crippen LogP contribution in [-0.4, -0.2) is 5.91 Å². The van der Waals surface area contributed by atoms with Crippen LogP contribution < -0.4 is 9.64 Å². The molecule has 0 fully saturated rings. The van der Waals surface area contributed by atoms with Crippen molar-refractivity contribution < 1.29 is 9.53 Å². The number of ether oxygens (including phenoxy) is 1. The molecule has 0 saturated heterocycles. The molecule has 0 bridgehead atoms. The molecule has 128 valence electrons. The van der Waals surface area contributed by atoms with Gasteiger partial charge in [-0.05, 0) is 30.3 Å². The summed E-state index contributed by atoms with van der Waals surface area (Å²) >= 11 is 3.44. The maximum Gasteiger partial charge on any atom is 0.255 e. The van der Waals surface area contributed by atoms with E-state index in [0.29, 0.717) is 12.3 Å². The highest BCUT2D eigenvalue weighted by Crippen LogP contribution is 2.31. The molecule has 3 aromatic carbocycles. The van der Waals surface area contributed by atoms with Gasteiger partial charge in [-0.1, -0.05) is 64.5 Å². The number of carbonyl (C=O) groups excluding carboxylic acids is 1. The molecule has 0 atom stereocenters. The minimum absolute atomic E-state index is 0.110. The van der Waals surface area contributed by atoms with Crippen molar-refractivity contribution in [1.29, 1.82) is 0 Å². The molecule has 3 aromatic rings. The zero-order chi connectivity index (χ0) is 17.9. The number of halogens is 1. The molecular weight excluding hydrogens is 390 g/mol. The topological polar surface area (TPSA) is 29.5 Å². The minimum Gasteiger partial charge on any atom is -0.456 e. The summed E-state index contributed by atoms with van der Waals surface area (Å²) in [5, 5.41) is 0. The van der Waals surface area contributed by atoms with Crippen molar-refractivity contribution in [2.45, 2.75) is 6.54 Å². The van der Waals surface area contributed by atoms with Gasteiger partial charge >= 0.3 is 0 Å². The standard InChI is InChI=1S/C22H16BrNO2/c23-18-10-12-19(13-11-18)24-15-17-8-4-5-9-20(17)26-21(14-22(24)25)16-6-2-1-3-7-16/h1-14H,15H2/b21-14-. The Morgan fingerprint density at radius 1 is 0.846 bits per heavy atom. The van der Waals surface area contributed by atoms with Gasteiger partial charge in [0, 0.05) is 27.4 Å². The Morgan fingerprint density at radius 2 is 1.54 bits per heavy atom. The van der Waals surface area contributed by atoms with Gasteiger partial charge in [0.2, 0.25) is 0 Å². The van der Waals surface area contributed by atoms with E-state index >= 15 is 0 Å². The van der Waals surface area contributed by atoms with Gasteiger partial charge in [0.1, 0.15) is 11.5 Å². The Labute approximate surface area is 160 Å². The SMILES string of the molecule is O=C1/C=C(/c2ccccc2)Oc2ccccc2CN1c1ccc(Br)cc1. The molecule has 26 heavy (non-hydrogen) atoms. The quantitative estimate of drug-likeness (QED) is 0.569. The van der Waals surface area contributed by atoms with Gasteiger partial charge in [-0.2, -0.15) is 0 Å². The van der Waals surface area contributed by atoms with Crippen LogP contribution in [0, 0.1) is 0 Å². The zero-order valence-electron chi connectivity index (χ0n) is 13.9. The van der Waals surface area contributed by atoms with Crippen molar-refractivity contribution in [3.8, 4) is 5.75 Å². The van der Waals surface area contributed by atoms with Crippen LogP contribution in [0.5, 0.6) is 5.75 Å². The molecule has 0 radical (unpaired) electrons. The summed E-state index contributed by atoms with van der Waals surface area (Å²) in [6, 6.07) is 25.2. The van der Waals surface area contributed by atoms with Gasteiger partial charge in [-0.15, -0.1) is 0 Å². The van der Waals surface area contributed by atoms with E-state index in [1.807, 2.05) is 78.9 Å². The summed E-state index contributed by atoms with van der Waals surface area (Å²) in [7, 11) is 0. The molecule has 4 heteroatoms. The maximum atomic E-state index is 13.0.